The molecular weight excluding hydrogens is 146 g/mol. The molecule has 0 aliphatic rings. The summed E-state index contributed by atoms with van der Waals surface area (Å²) in [5.74, 6) is -0.906. The van der Waals surface area contributed by atoms with E-state index in [4.69, 9.17) is 5.11 Å². The fraction of sp³-hybridized carbons (Fsp3) is 0.857. The predicted octanol–water partition coefficient (Wildman–Crippen LogP) is -0.178. The Hall–Kier alpha value is -0.610. The monoisotopic (exact) mass is 161 g/mol. The van der Waals surface area contributed by atoms with Crippen LogP contribution in [0.1, 0.15) is 20.3 Å². The van der Waals surface area contributed by atoms with Crippen molar-refractivity contribution in [2.45, 2.75) is 25.9 Å². The largest absolute Gasteiger partial charge is 0.480 e. The number of carboxylic acid groups (broad SMARTS) is 1. The summed E-state index contributed by atoms with van der Waals surface area (Å²) in [6.07, 6.45) is 0.611. The van der Waals surface area contributed by atoms with Gasteiger partial charge in [0, 0.05) is 6.54 Å². The van der Waals surface area contributed by atoms with Crippen molar-refractivity contribution >= 4 is 5.97 Å². The lowest BCUT2D eigenvalue weighted by atomic mass is 10.0. The van der Waals surface area contributed by atoms with Gasteiger partial charge in [0.25, 0.3) is 0 Å². The van der Waals surface area contributed by atoms with E-state index < -0.39 is 11.6 Å². The van der Waals surface area contributed by atoms with Crippen molar-refractivity contribution in [1.29, 1.82) is 0 Å². The summed E-state index contributed by atoms with van der Waals surface area (Å²) in [5.41, 5.74) is -0.796. The maximum absolute atomic E-state index is 10.0. The fourth-order valence-electron chi connectivity index (χ4n) is 0.564. The van der Waals surface area contributed by atoms with Gasteiger partial charge in [-0.15, -0.1) is 0 Å². The van der Waals surface area contributed by atoms with Gasteiger partial charge in [-0.1, -0.05) is 6.92 Å². The summed E-state index contributed by atoms with van der Waals surface area (Å²) >= 11 is 0. The average molecular weight is 161 g/mol. The summed E-state index contributed by atoms with van der Waals surface area (Å²) in [4.78, 5) is 10.0. The van der Waals surface area contributed by atoms with E-state index in [9.17, 15) is 9.90 Å². The Kier molecular flexibility index (Phi) is 4.07. The number of aliphatic hydroxyl groups is 1. The third kappa shape index (κ3) is 5.82. The lowest BCUT2D eigenvalue weighted by Gasteiger charge is -2.20. The molecule has 0 rings (SSSR count). The second-order valence-electron chi connectivity index (χ2n) is 2.85. The number of aliphatic carboxylic acids is 1. The Labute approximate surface area is 66.2 Å². The number of rotatable bonds is 5. The minimum atomic E-state index is -0.906. The van der Waals surface area contributed by atoms with Crippen molar-refractivity contribution in [1.82, 2.24) is 5.32 Å². The summed E-state index contributed by atoms with van der Waals surface area (Å²) in [5, 5.41) is 20.2. The molecule has 0 heterocycles. The number of carbonyl (C=O) groups is 1. The van der Waals surface area contributed by atoms with E-state index in [-0.39, 0.29) is 6.54 Å². The first-order chi connectivity index (χ1) is 4.98. The highest BCUT2D eigenvalue weighted by molar-refractivity contribution is 5.68. The van der Waals surface area contributed by atoms with Crippen LogP contribution in [0, 0.1) is 0 Å². The van der Waals surface area contributed by atoms with E-state index in [0.717, 1.165) is 0 Å². The van der Waals surface area contributed by atoms with E-state index in [2.05, 4.69) is 5.32 Å². The smallest absolute Gasteiger partial charge is 0.317 e. The highest BCUT2D eigenvalue weighted by Gasteiger charge is 2.16. The number of nitrogens with one attached hydrogen (secondary N) is 1. The van der Waals surface area contributed by atoms with Crippen molar-refractivity contribution in [3.63, 3.8) is 0 Å². The van der Waals surface area contributed by atoms with Gasteiger partial charge in [0.2, 0.25) is 0 Å². The number of hydrogen-bond donors (Lipinski definition) is 3. The topological polar surface area (TPSA) is 69.6 Å². The molecule has 0 radical (unpaired) electrons. The second kappa shape index (κ2) is 4.31. The molecular formula is C7H15NO3. The molecule has 0 spiro atoms. The molecule has 0 bridgehead atoms. The molecule has 0 fully saturated rings. The predicted molar refractivity (Wildman–Crippen MR) is 41.4 cm³/mol. The molecule has 66 valence electrons. The molecule has 0 amide bonds. The molecule has 1 unspecified atom stereocenters. The molecule has 0 aromatic carbocycles. The van der Waals surface area contributed by atoms with Gasteiger partial charge in [0.15, 0.2) is 0 Å². The highest BCUT2D eigenvalue weighted by atomic mass is 16.4. The first-order valence-corrected chi connectivity index (χ1v) is 3.63. The molecule has 3 N–H and O–H groups in total. The third-order valence-electron chi connectivity index (χ3n) is 1.54. The lowest BCUT2D eigenvalue weighted by Crippen LogP contribution is -2.39. The van der Waals surface area contributed by atoms with Crippen LogP contribution >= 0.6 is 0 Å². The maximum atomic E-state index is 10.0. The molecule has 1 atom stereocenters. The van der Waals surface area contributed by atoms with Crippen molar-refractivity contribution in [3.05, 3.63) is 0 Å². The zero-order chi connectivity index (χ0) is 8.91. The van der Waals surface area contributed by atoms with Crippen LogP contribution in [-0.2, 0) is 4.79 Å². The molecule has 0 aromatic heterocycles. The second-order valence-corrected chi connectivity index (χ2v) is 2.85. The molecule has 0 saturated heterocycles. The Bertz CT molecular complexity index is 134. The first-order valence-electron chi connectivity index (χ1n) is 3.63. The lowest BCUT2D eigenvalue weighted by molar-refractivity contribution is -0.136. The fourth-order valence-corrected chi connectivity index (χ4v) is 0.564. The van der Waals surface area contributed by atoms with Crippen molar-refractivity contribution < 1.29 is 15.0 Å². The molecule has 0 aliphatic heterocycles. The zero-order valence-corrected chi connectivity index (χ0v) is 6.92. The number of carboxylic acids is 1. The highest BCUT2D eigenvalue weighted by Crippen LogP contribution is 2.05. The Morgan fingerprint density at radius 2 is 2.18 bits per heavy atom. The van der Waals surface area contributed by atoms with E-state index >= 15 is 0 Å². The van der Waals surface area contributed by atoms with Crippen LogP contribution in [0.25, 0.3) is 0 Å². The van der Waals surface area contributed by atoms with Gasteiger partial charge in [0.05, 0.1) is 12.1 Å². The van der Waals surface area contributed by atoms with Crippen LogP contribution in [0.2, 0.25) is 0 Å². The van der Waals surface area contributed by atoms with Gasteiger partial charge in [-0.05, 0) is 13.3 Å². The SMILES string of the molecule is CCC(C)(O)CNCC(=O)O. The molecule has 4 heteroatoms. The average Bonchev–Trinajstić information content (AvgIpc) is 1.87. The van der Waals surface area contributed by atoms with Gasteiger partial charge in [-0.2, -0.15) is 0 Å². The molecule has 0 aliphatic carbocycles. The van der Waals surface area contributed by atoms with Gasteiger partial charge < -0.3 is 15.5 Å². The molecule has 0 aromatic rings. The standard InChI is InChI=1S/C7H15NO3/c1-3-7(2,11)5-8-4-6(9)10/h8,11H,3-5H2,1-2H3,(H,9,10). The van der Waals surface area contributed by atoms with Crippen molar-refractivity contribution in [2.75, 3.05) is 13.1 Å². The van der Waals surface area contributed by atoms with E-state index in [0.29, 0.717) is 13.0 Å². The van der Waals surface area contributed by atoms with Gasteiger partial charge in [-0.25, -0.2) is 0 Å². The van der Waals surface area contributed by atoms with Crippen LogP contribution in [0.15, 0.2) is 0 Å². The summed E-state index contributed by atoms with van der Waals surface area (Å²) in [6, 6.07) is 0. The van der Waals surface area contributed by atoms with E-state index in [1.165, 1.54) is 0 Å². The van der Waals surface area contributed by atoms with Crippen LogP contribution in [0.4, 0.5) is 0 Å². The number of hydrogen-bond acceptors (Lipinski definition) is 3. The third-order valence-corrected chi connectivity index (χ3v) is 1.54. The molecule has 11 heavy (non-hydrogen) atoms. The van der Waals surface area contributed by atoms with Gasteiger partial charge in [0.1, 0.15) is 0 Å². The van der Waals surface area contributed by atoms with Gasteiger partial charge in [-0.3, -0.25) is 4.79 Å². The van der Waals surface area contributed by atoms with E-state index in [1.807, 2.05) is 6.92 Å². The first kappa shape index (κ1) is 10.4. The Morgan fingerprint density at radius 3 is 2.55 bits per heavy atom. The molecule has 4 nitrogen and oxygen atoms in total. The van der Waals surface area contributed by atoms with Crippen molar-refractivity contribution in [3.8, 4) is 0 Å². The summed E-state index contributed by atoms with van der Waals surface area (Å²) in [6.45, 7) is 3.73. The van der Waals surface area contributed by atoms with Gasteiger partial charge >= 0.3 is 5.97 Å². The van der Waals surface area contributed by atoms with Crippen molar-refractivity contribution in [2.24, 2.45) is 0 Å². The quantitative estimate of drug-likeness (QED) is 0.523. The van der Waals surface area contributed by atoms with Crippen LogP contribution < -0.4 is 5.32 Å². The van der Waals surface area contributed by atoms with Crippen LogP contribution in [0.5, 0.6) is 0 Å². The zero-order valence-electron chi connectivity index (χ0n) is 6.92. The minimum Gasteiger partial charge on any atom is -0.480 e. The van der Waals surface area contributed by atoms with Crippen LogP contribution in [0.3, 0.4) is 0 Å². The van der Waals surface area contributed by atoms with E-state index in [1.54, 1.807) is 6.92 Å². The van der Waals surface area contributed by atoms with Crippen LogP contribution in [-0.4, -0.2) is 34.9 Å². The maximum Gasteiger partial charge on any atom is 0.317 e. The Morgan fingerprint density at radius 1 is 1.64 bits per heavy atom. The summed E-state index contributed by atoms with van der Waals surface area (Å²) in [7, 11) is 0. The normalized spacial score (nSPS) is 15.9. The minimum absolute atomic E-state index is 0.101. The summed E-state index contributed by atoms with van der Waals surface area (Å²) < 4.78 is 0. The Balaban J connectivity index is 3.45. The molecule has 0 saturated carbocycles.